The summed E-state index contributed by atoms with van der Waals surface area (Å²) in [5, 5.41) is 2.27. The first kappa shape index (κ1) is 34.2. The molecular weight excluding hydrogens is 649 g/mol. The van der Waals surface area contributed by atoms with Crippen LogP contribution in [0.1, 0.15) is 61.8 Å². The molecule has 5 aromatic carbocycles. The Bertz CT molecular complexity index is 2600. The van der Waals surface area contributed by atoms with Crippen LogP contribution in [0.4, 0.5) is 17.2 Å². The van der Waals surface area contributed by atoms with Gasteiger partial charge in [0.25, 0.3) is 5.82 Å². The lowest BCUT2D eigenvalue weighted by Gasteiger charge is -2.22. The summed E-state index contributed by atoms with van der Waals surface area (Å²) in [4.78, 5) is 2.39. The zero-order chi connectivity index (χ0) is 37.0. The molecule has 0 bridgehead atoms. The quantitative estimate of drug-likeness (QED) is 0.148. The van der Waals surface area contributed by atoms with Gasteiger partial charge in [-0.25, -0.2) is 13.7 Å². The van der Waals surface area contributed by atoms with E-state index in [0.29, 0.717) is 11.8 Å². The molecule has 0 fully saturated rings. The maximum atomic E-state index is 6.58. The molecule has 0 amide bonds. The molecule has 0 N–H and O–H groups in total. The van der Waals surface area contributed by atoms with E-state index in [9.17, 15) is 0 Å². The van der Waals surface area contributed by atoms with Crippen LogP contribution in [0.5, 0.6) is 0 Å². The second-order valence-corrected chi connectivity index (χ2v) is 14.9. The lowest BCUT2D eigenvalue weighted by molar-refractivity contribution is -0.659. The Hall–Kier alpha value is -5.94. The number of fused-ring (bicyclic) bond motifs is 3. The lowest BCUT2D eigenvalue weighted by atomic mass is 9.92. The van der Waals surface area contributed by atoms with Gasteiger partial charge < -0.3 is 4.42 Å². The molecule has 0 unspecified atom stereocenters. The Morgan fingerprint density at radius 2 is 1.32 bits per heavy atom. The molecule has 0 saturated carbocycles. The fourth-order valence-electron chi connectivity index (χ4n) is 8.07. The number of imidazole rings is 1. The highest BCUT2D eigenvalue weighted by Gasteiger charge is 2.30. The van der Waals surface area contributed by atoms with E-state index in [0.717, 1.165) is 56.1 Å². The number of hydrogen-bond donors (Lipinski definition) is 0. The van der Waals surface area contributed by atoms with E-state index >= 15 is 0 Å². The van der Waals surface area contributed by atoms with Gasteiger partial charge in [-0.2, -0.15) is 4.90 Å². The number of nitrogens with zero attached hydrogens (tertiary/aromatic N) is 4. The predicted molar refractivity (Wildman–Crippen MR) is 219 cm³/mol. The zero-order valence-corrected chi connectivity index (χ0v) is 32.1. The number of anilines is 3. The second kappa shape index (κ2) is 13.6. The van der Waals surface area contributed by atoms with Gasteiger partial charge in [0.15, 0.2) is 5.69 Å². The molecule has 53 heavy (non-hydrogen) atoms. The first-order valence-electron chi connectivity index (χ1n) is 18.7. The van der Waals surface area contributed by atoms with Gasteiger partial charge in [-0.1, -0.05) is 100 Å². The monoisotopic (exact) mass is 696 g/mol. The average molecular weight is 697 g/mol. The standard InChI is InChI=1S/C48H48N4O/c1-31(2)36-20-14-21-37(32(3)4)47(36)51-29-43(49(7)30-51)38-22-15-23-41(34(38)6)52(35-17-10-9-11-18-35)45-26-16-24-42(50(45)8)46-33(5)27-28-40-39-19-12-13-25-44(39)53-48(40)46/h9-32H,1-8H3/q+2. The molecule has 0 atom stereocenters. The van der Waals surface area contributed by atoms with Crippen molar-refractivity contribution in [2.24, 2.45) is 14.1 Å². The highest BCUT2D eigenvalue weighted by molar-refractivity contribution is 6.09. The molecule has 3 heterocycles. The Morgan fingerprint density at radius 3 is 2.06 bits per heavy atom. The first-order chi connectivity index (χ1) is 25.6. The van der Waals surface area contributed by atoms with Gasteiger partial charge in [0, 0.05) is 39.1 Å². The second-order valence-electron chi connectivity index (χ2n) is 14.9. The van der Waals surface area contributed by atoms with E-state index in [1.807, 2.05) is 6.07 Å². The summed E-state index contributed by atoms with van der Waals surface area (Å²) < 4.78 is 13.5. The minimum absolute atomic E-state index is 0.406. The topological polar surface area (TPSA) is 29.1 Å². The van der Waals surface area contributed by atoms with E-state index in [4.69, 9.17) is 4.42 Å². The third-order valence-corrected chi connectivity index (χ3v) is 10.8. The Balaban J connectivity index is 1.30. The van der Waals surface area contributed by atoms with Gasteiger partial charge in [-0.05, 0) is 73.7 Å². The van der Waals surface area contributed by atoms with E-state index < -0.39 is 0 Å². The van der Waals surface area contributed by atoms with E-state index in [1.165, 1.54) is 33.5 Å². The van der Waals surface area contributed by atoms with E-state index in [-0.39, 0.29) is 0 Å². The average Bonchev–Trinajstić information content (AvgIpc) is 3.73. The maximum Gasteiger partial charge on any atom is 0.287 e. The van der Waals surface area contributed by atoms with Crippen LogP contribution >= 0.6 is 0 Å². The van der Waals surface area contributed by atoms with Gasteiger partial charge in [0.05, 0.1) is 19.7 Å². The molecule has 0 spiro atoms. The van der Waals surface area contributed by atoms with Gasteiger partial charge in [-0.3, -0.25) is 0 Å². The number of benzene rings is 5. The van der Waals surface area contributed by atoms with Crippen molar-refractivity contribution in [1.29, 1.82) is 0 Å². The third-order valence-electron chi connectivity index (χ3n) is 10.8. The summed E-state index contributed by atoms with van der Waals surface area (Å²) >= 11 is 0. The number of hydrogen-bond acceptors (Lipinski definition) is 2. The van der Waals surface area contributed by atoms with E-state index in [2.05, 4.69) is 202 Å². The highest BCUT2D eigenvalue weighted by atomic mass is 16.3. The number of aryl methyl sites for hydroxylation is 2. The van der Waals surface area contributed by atoms with Crippen molar-refractivity contribution in [2.75, 3.05) is 4.90 Å². The first-order valence-corrected chi connectivity index (χ1v) is 18.7. The van der Waals surface area contributed by atoms with Crippen molar-refractivity contribution in [1.82, 2.24) is 4.57 Å². The zero-order valence-electron chi connectivity index (χ0n) is 32.1. The molecule has 5 heteroatoms. The summed E-state index contributed by atoms with van der Waals surface area (Å²) in [7, 11) is 4.32. The van der Waals surface area contributed by atoms with Crippen molar-refractivity contribution < 1.29 is 13.6 Å². The van der Waals surface area contributed by atoms with Gasteiger partial charge in [-0.15, -0.1) is 0 Å². The minimum atomic E-state index is 0.406. The van der Waals surface area contributed by atoms with Crippen molar-refractivity contribution in [3.63, 3.8) is 0 Å². The molecule has 0 aliphatic heterocycles. The predicted octanol–water partition coefficient (Wildman–Crippen LogP) is 11.7. The Labute approximate surface area is 313 Å². The molecule has 8 aromatic rings. The summed E-state index contributed by atoms with van der Waals surface area (Å²) in [6.07, 6.45) is 4.54. The molecule has 0 aliphatic carbocycles. The van der Waals surface area contributed by atoms with Crippen LogP contribution in [-0.4, -0.2) is 4.57 Å². The third kappa shape index (κ3) is 5.81. The van der Waals surface area contributed by atoms with Crippen LogP contribution in [-0.2, 0) is 14.1 Å². The summed E-state index contributed by atoms with van der Waals surface area (Å²) in [6.45, 7) is 13.6. The summed E-state index contributed by atoms with van der Waals surface area (Å²) in [5.41, 5.74) is 15.0. The molecule has 8 rings (SSSR count). The molecule has 3 aromatic heterocycles. The van der Waals surface area contributed by atoms with Crippen molar-refractivity contribution in [2.45, 2.75) is 53.4 Å². The maximum absolute atomic E-state index is 6.58. The molecule has 0 aliphatic rings. The number of para-hydroxylation sites is 3. The van der Waals surface area contributed by atoms with Crippen LogP contribution in [0, 0.1) is 13.8 Å². The molecule has 5 nitrogen and oxygen atoms in total. The SMILES string of the molecule is Cc1ccc2c(oc3ccccc32)c1-c1cccc(N(c2ccccc2)c2cccc(-c3cn(-c4c(C(C)C)cccc4C(C)C)c[n+]3C)c2C)[n+]1C. The number of rotatable bonds is 8. The van der Waals surface area contributed by atoms with Crippen molar-refractivity contribution in [3.05, 3.63) is 156 Å². The smallest absolute Gasteiger partial charge is 0.287 e. The number of furan rings is 1. The highest BCUT2D eigenvalue weighted by Crippen LogP contribution is 2.41. The van der Waals surface area contributed by atoms with Crippen LogP contribution in [0.3, 0.4) is 0 Å². The number of pyridine rings is 1. The van der Waals surface area contributed by atoms with Crippen LogP contribution in [0.15, 0.2) is 138 Å². The summed E-state index contributed by atoms with van der Waals surface area (Å²) in [6, 6.07) is 43.4. The molecule has 0 saturated heterocycles. The van der Waals surface area contributed by atoms with E-state index in [1.54, 1.807) is 0 Å². The van der Waals surface area contributed by atoms with Crippen LogP contribution in [0.25, 0.3) is 50.1 Å². The van der Waals surface area contributed by atoms with Gasteiger partial charge >= 0.3 is 0 Å². The van der Waals surface area contributed by atoms with Crippen molar-refractivity contribution in [3.8, 4) is 28.2 Å². The lowest BCUT2D eigenvalue weighted by Crippen LogP contribution is -2.38. The fourth-order valence-corrected chi connectivity index (χ4v) is 8.07. The fraction of sp³-hybridized carbons (Fsp3) is 0.208. The molecular formula is C48H48N4O+2. The minimum Gasteiger partial charge on any atom is -0.455 e. The van der Waals surface area contributed by atoms with Crippen molar-refractivity contribution >= 4 is 39.1 Å². The largest absolute Gasteiger partial charge is 0.455 e. The molecule has 264 valence electrons. The number of aromatic nitrogens is 3. The normalized spacial score (nSPS) is 11.7. The van der Waals surface area contributed by atoms with Crippen LogP contribution < -0.4 is 14.0 Å². The summed E-state index contributed by atoms with van der Waals surface area (Å²) in [5.74, 6) is 1.86. The molecule has 0 radical (unpaired) electrons. The van der Waals surface area contributed by atoms with Gasteiger partial charge in [0.2, 0.25) is 6.33 Å². The Kier molecular flexibility index (Phi) is 8.74. The van der Waals surface area contributed by atoms with Crippen LogP contribution in [0.2, 0.25) is 0 Å². The van der Waals surface area contributed by atoms with Gasteiger partial charge in [0.1, 0.15) is 40.1 Å². The Morgan fingerprint density at radius 1 is 0.642 bits per heavy atom.